The van der Waals surface area contributed by atoms with Gasteiger partial charge in [0.1, 0.15) is 0 Å². The van der Waals surface area contributed by atoms with Crippen LogP contribution in [0.4, 0.5) is 5.69 Å². The van der Waals surface area contributed by atoms with Crippen LogP contribution in [-0.2, 0) is 9.84 Å². The van der Waals surface area contributed by atoms with E-state index in [9.17, 15) is 8.42 Å². The Kier molecular flexibility index (Phi) is 3.43. The maximum Gasteiger partial charge on any atom is 0.175 e. The smallest absolute Gasteiger partial charge is 0.175 e. The molecule has 0 saturated carbocycles. The minimum atomic E-state index is -3.10. The first-order valence-corrected chi connectivity index (χ1v) is 7.91. The molecule has 0 unspecified atom stereocenters. The molecule has 0 aromatic heterocycles. The first-order valence-electron chi connectivity index (χ1n) is 6.02. The zero-order valence-electron chi connectivity index (χ0n) is 10.4. The van der Waals surface area contributed by atoms with E-state index in [4.69, 9.17) is 0 Å². The molecule has 4 heteroatoms. The molecular formula is C13H19NO2S. The summed E-state index contributed by atoms with van der Waals surface area (Å²) in [6.07, 6.45) is 3.62. The van der Waals surface area contributed by atoms with Gasteiger partial charge in [0.05, 0.1) is 4.90 Å². The van der Waals surface area contributed by atoms with E-state index in [1.165, 1.54) is 19.1 Å². The van der Waals surface area contributed by atoms with Gasteiger partial charge in [0.2, 0.25) is 0 Å². The van der Waals surface area contributed by atoms with E-state index in [2.05, 4.69) is 11.8 Å². The third kappa shape index (κ3) is 3.00. The van der Waals surface area contributed by atoms with Crippen LogP contribution in [0, 0.1) is 5.92 Å². The molecule has 94 valence electrons. The predicted molar refractivity (Wildman–Crippen MR) is 70.2 cm³/mol. The molecule has 1 fully saturated rings. The Hall–Kier alpha value is -1.03. The lowest BCUT2D eigenvalue weighted by Crippen LogP contribution is -2.32. The molecule has 1 aromatic rings. The number of sulfone groups is 1. The van der Waals surface area contributed by atoms with Crippen LogP contribution in [0.5, 0.6) is 0 Å². The molecule has 0 N–H and O–H groups in total. The van der Waals surface area contributed by atoms with Crippen molar-refractivity contribution in [1.29, 1.82) is 0 Å². The highest BCUT2D eigenvalue weighted by molar-refractivity contribution is 7.90. The molecule has 1 aliphatic heterocycles. The normalized spacial score (nSPS) is 18.4. The molecule has 1 saturated heterocycles. The Morgan fingerprint density at radius 1 is 1.24 bits per heavy atom. The van der Waals surface area contributed by atoms with E-state index in [1.807, 2.05) is 12.1 Å². The summed E-state index contributed by atoms with van der Waals surface area (Å²) in [6, 6.07) is 7.26. The van der Waals surface area contributed by atoms with Crippen LogP contribution in [0.1, 0.15) is 19.8 Å². The van der Waals surface area contributed by atoms with Crippen molar-refractivity contribution < 1.29 is 8.42 Å². The quantitative estimate of drug-likeness (QED) is 0.811. The van der Waals surface area contributed by atoms with Gasteiger partial charge in [0, 0.05) is 25.0 Å². The molecule has 0 radical (unpaired) electrons. The highest BCUT2D eigenvalue weighted by Gasteiger charge is 2.17. The molecule has 0 aliphatic carbocycles. The molecule has 17 heavy (non-hydrogen) atoms. The zero-order valence-corrected chi connectivity index (χ0v) is 11.2. The van der Waals surface area contributed by atoms with Crippen LogP contribution in [0.15, 0.2) is 29.2 Å². The van der Waals surface area contributed by atoms with Crippen molar-refractivity contribution in [2.24, 2.45) is 5.92 Å². The number of rotatable bonds is 2. The van der Waals surface area contributed by atoms with Crippen LogP contribution in [-0.4, -0.2) is 27.8 Å². The minimum absolute atomic E-state index is 0.411. The second-order valence-corrected chi connectivity index (χ2v) is 6.95. The topological polar surface area (TPSA) is 37.4 Å². The van der Waals surface area contributed by atoms with Crippen LogP contribution in [0.3, 0.4) is 0 Å². The maximum absolute atomic E-state index is 11.5. The molecule has 1 aliphatic rings. The summed E-state index contributed by atoms with van der Waals surface area (Å²) < 4.78 is 23.0. The Bertz CT molecular complexity index is 488. The molecule has 0 bridgehead atoms. The van der Waals surface area contributed by atoms with Crippen LogP contribution in [0.25, 0.3) is 0 Å². The highest BCUT2D eigenvalue weighted by Crippen LogP contribution is 2.24. The lowest BCUT2D eigenvalue weighted by molar-refractivity contribution is 0.438. The van der Waals surface area contributed by atoms with Crippen molar-refractivity contribution >= 4 is 15.5 Å². The van der Waals surface area contributed by atoms with Gasteiger partial charge in [0.25, 0.3) is 0 Å². The van der Waals surface area contributed by atoms with Gasteiger partial charge in [-0.15, -0.1) is 0 Å². The van der Waals surface area contributed by atoms with Gasteiger partial charge in [-0.05, 0) is 37.0 Å². The average Bonchev–Trinajstić information content (AvgIpc) is 2.29. The van der Waals surface area contributed by atoms with E-state index in [0.29, 0.717) is 4.90 Å². The maximum atomic E-state index is 11.5. The number of anilines is 1. The van der Waals surface area contributed by atoms with Gasteiger partial charge >= 0.3 is 0 Å². The van der Waals surface area contributed by atoms with E-state index in [-0.39, 0.29) is 0 Å². The first kappa shape index (κ1) is 12.4. The molecule has 0 spiro atoms. The molecule has 1 aromatic carbocycles. The number of benzene rings is 1. The summed E-state index contributed by atoms with van der Waals surface area (Å²) in [6.45, 7) is 4.31. The van der Waals surface area contributed by atoms with Crippen molar-refractivity contribution in [1.82, 2.24) is 0 Å². The standard InChI is InChI=1S/C13H19NO2S/c1-11-6-8-14(9-7-11)12-4-3-5-13(10-12)17(2,15)16/h3-5,10-11H,6-9H2,1-2H3. The predicted octanol–water partition coefficient (Wildman–Crippen LogP) is 2.33. The second-order valence-electron chi connectivity index (χ2n) is 4.94. The monoisotopic (exact) mass is 253 g/mol. The summed E-state index contributed by atoms with van der Waals surface area (Å²) in [4.78, 5) is 2.68. The molecule has 1 heterocycles. The number of nitrogens with zero attached hydrogens (tertiary/aromatic N) is 1. The Balaban J connectivity index is 2.22. The van der Waals surface area contributed by atoms with Gasteiger partial charge in [-0.2, -0.15) is 0 Å². The van der Waals surface area contributed by atoms with E-state index >= 15 is 0 Å². The summed E-state index contributed by atoms with van der Waals surface area (Å²) in [5.74, 6) is 0.782. The summed E-state index contributed by atoms with van der Waals surface area (Å²) >= 11 is 0. The Morgan fingerprint density at radius 3 is 2.47 bits per heavy atom. The molecular weight excluding hydrogens is 234 g/mol. The fourth-order valence-electron chi connectivity index (χ4n) is 2.18. The van der Waals surface area contributed by atoms with Crippen molar-refractivity contribution in [3.05, 3.63) is 24.3 Å². The van der Waals surface area contributed by atoms with E-state index < -0.39 is 9.84 Å². The SMILES string of the molecule is CC1CCN(c2cccc(S(C)(=O)=O)c2)CC1. The van der Waals surface area contributed by atoms with Crippen molar-refractivity contribution in [3.8, 4) is 0 Å². The van der Waals surface area contributed by atoms with Crippen LogP contribution in [0.2, 0.25) is 0 Å². The van der Waals surface area contributed by atoms with E-state index in [1.54, 1.807) is 12.1 Å². The van der Waals surface area contributed by atoms with E-state index in [0.717, 1.165) is 24.7 Å². The van der Waals surface area contributed by atoms with Gasteiger partial charge in [-0.1, -0.05) is 13.0 Å². The minimum Gasteiger partial charge on any atom is -0.371 e. The zero-order chi connectivity index (χ0) is 12.5. The van der Waals surface area contributed by atoms with Crippen molar-refractivity contribution in [2.75, 3.05) is 24.2 Å². The third-order valence-corrected chi connectivity index (χ3v) is 4.50. The summed E-state index contributed by atoms with van der Waals surface area (Å²) in [5, 5.41) is 0. The lowest BCUT2D eigenvalue weighted by Gasteiger charge is -2.32. The van der Waals surface area contributed by atoms with Gasteiger partial charge in [-0.25, -0.2) is 8.42 Å². The first-order chi connectivity index (χ1) is 7.97. The second kappa shape index (κ2) is 4.69. The molecule has 3 nitrogen and oxygen atoms in total. The summed E-state index contributed by atoms with van der Waals surface area (Å²) in [5.41, 5.74) is 1.03. The average molecular weight is 253 g/mol. The van der Waals surface area contributed by atoms with Gasteiger partial charge in [0.15, 0.2) is 9.84 Å². The summed E-state index contributed by atoms with van der Waals surface area (Å²) in [7, 11) is -3.10. The number of hydrogen-bond acceptors (Lipinski definition) is 3. The largest absolute Gasteiger partial charge is 0.371 e. The fourth-order valence-corrected chi connectivity index (χ4v) is 2.84. The van der Waals surface area contributed by atoms with Gasteiger partial charge in [-0.3, -0.25) is 0 Å². The lowest BCUT2D eigenvalue weighted by atomic mass is 9.99. The van der Waals surface area contributed by atoms with Gasteiger partial charge < -0.3 is 4.90 Å². The van der Waals surface area contributed by atoms with Crippen LogP contribution >= 0.6 is 0 Å². The molecule has 0 amide bonds. The third-order valence-electron chi connectivity index (χ3n) is 3.39. The number of hydrogen-bond donors (Lipinski definition) is 0. The van der Waals surface area contributed by atoms with Crippen molar-refractivity contribution in [2.45, 2.75) is 24.7 Å². The molecule has 0 atom stereocenters. The highest BCUT2D eigenvalue weighted by atomic mass is 32.2. The van der Waals surface area contributed by atoms with Crippen molar-refractivity contribution in [3.63, 3.8) is 0 Å². The number of piperidine rings is 1. The Morgan fingerprint density at radius 2 is 1.88 bits per heavy atom. The molecule has 2 rings (SSSR count). The fraction of sp³-hybridized carbons (Fsp3) is 0.538. The van der Waals surface area contributed by atoms with Crippen LogP contribution < -0.4 is 4.90 Å². The Labute approximate surface area is 103 Å².